The number of hydrogen-bond donors (Lipinski definition) is 1. The van der Waals surface area contributed by atoms with Crippen molar-refractivity contribution < 1.29 is 9.32 Å². The smallest absolute Gasteiger partial charge is 0.294 e. The molecule has 1 heterocycles. The van der Waals surface area contributed by atoms with Crippen LogP contribution in [-0.2, 0) is 0 Å². The molecule has 2 aromatic rings. The highest BCUT2D eigenvalue weighted by Crippen LogP contribution is 2.17. The van der Waals surface area contributed by atoms with Crippen molar-refractivity contribution in [2.75, 3.05) is 5.32 Å². The second-order valence-corrected chi connectivity index (χ2v) is 4.91. The molecule has 0 saturated heterocycles. The van der Waals surface area contributed by atoms with Crippen LogP contribution < -0.4 is 5.32 Å². The Balaban J connectivity index is 2.15. The molecule has 1 aromatic heterocycles. The molecule has 88 valence electrons. The molecular weight excluding hydrogens is 331 g/mol. The minimum Gasteiger partial charge on any atom is -0.351 e. The van der Waals surface area contributed by atoms with Crippen LogP contribution in [-0.4, -0.2) is 11.1 Å². The van der Waals surface area contributed by atoms with Gasteiger partial charge in [-0.1, -0.05) is 11.2 Å². The van der Waals surface area contributed by atoms with Crippen LogP contribution in [0.1, 0.15) is 21.8 Å². The second kappa shape index (κ2) is 4.87. The number of rotatable bonds is 2. The van der Waals surface area contributed by atoms with E-state index in [1.54, 1.807) is 13.0 Å². The van der Waals surface area contributed by atoms with Gasteiger partial charge in [0, 0.05) is 15.3 Å². The fourth-order valence-electron chi connectivity index (χ4n) is 1.33. The Morgan fingerprint density at radius 2 is 2.12 bits per heavy atom. The third-order valence-electron chi connectivity index (χ3n) is 2.28. The van der Waals surface area contributed by atoms with E-state index >= 15 is 0 Å². The van der Waals surface area contributed by atoms with E-state index in [0.717, 1.165) is 9.26 Å². The lowest BCUT2D eigenvalue weighted by Crippen LogP contribution is -2.11. The quantitative estimate of drug-likeness (QED) is 0.853. The summed E-state index contributed by atoms with van der Waals surface area (Å²) in [6, 6.07) is 7.34. The van der Waals surface area contributed by atoms with E-state index in [0.29, 0.717) is 5.69 Å². The highest BCUT2D eigenvalue weighted by atomic mass is 127. The molecule has 0 atom stereocenters. The first-order chi connectivity index (χ1) is 8.06. The van der Waals surface area contributed by atoms with Crippen molar-refractivity contribution in [1.82, 2.24) is 5.16 Å². The molecule has 2 rings (SSSR count). The van der Waals surface area contributed by atoms with E-state index in [9.17, 15) is 4.79 Å². The molecule has 5 heteroatoms. The number of carbonyl (C=O) groups is 1. The fourth-order valence-corrected chi connectivity index (χ4v) is 1.85. The average molecular weight is 342 g/mol. The summed E-state index contributed by atoms with van der Waals surface area (Å²) in [6.07, 6.45) is 0. The maximum absolute atomic E-state index is 11.8. The third-order valence-corrected chi connectivity index (χ3v) is 3.44. The predicted octanol–water partition coefficient (Wildman–Crippen LogP) is 3.15. The van der Waals surface area contributed by atoms with Gasteiger partial charge >= 0.3 is 0 Å². The van der Waals surface area contributed by atoms with Gasteiger partial charge in [-0.25, -0.2) is 0 Å². The Morgan fingerprint density at radius 1 is 1.35 bits per heavy atom. The number of amides is 1. The SMILES string of the molecule is Cc1cc(C(=O)Nc2ccc(C)c(I)c2)on1. The lowest BCUT2D eigenvalue weighted by molar-refractivity contribution is 0.0988. The molecule has 0 aliphatic carbocycles. The molecule has 0 unspecified atom stereocenters. The summed E-state index contributed by atoms with van der Waals surface area (Å²) in [4.78, 5) is 11.8. The number of halogens is 1. The van der Waals surface area contributed by atoms with E-state index in [4.69, 9.17) is 4.52 Å². The van der Waals surface area contributed by atoms with Crippen molar-refractivity contribution >= 4 is 34.2 Å². The third kappa shape index (κ3) is 2.85. The molecule has 4 nitrogen and oxygen atoms in total. The zero-order valence-corrected chi connectivity index (χ0v) is 11.6. The molecule has 1 aromatic carbocycles. The number of aryl methyl sites for hydroxylation is 2. The fraction of sp³-hybridized carbons (Fsp3) is 0.167. The van der Waals surface area contributed by atoms with E-state index in [1.165, 1.54) is 5.56 Å². The van der Waals surface area contributed by atoms with Crippen LogP contribution in [0.5, 0.6) is 0 Å². The molecule has 0 radical (unpaired) electrons. The minimum atomic E-state index is -0.287. The van der Waals surface area contributed by atoms with Crippen molar-refractivity contribution in [2.24, 2.45) is 0 Å². The zero-order valence-electron chi connectivity index (χ0n) is 9.45. The normalized spacial score (nSPS) is 10.3. The van der Waals surface area contributed by atoms with Gasteiger partial charge in [-0.05, 0) is 54.1 Å². The van der Waals surface area contributed by atoms with Crippen molar-refractivity contribution in [3.8, 4) is 0 Å². The van der Waals surface area contributed by atoms with Gasteiger partial charge in [0.1, 0.15) is 0 Å². The monoisotopic (exact) mass is 342 g/mol. The van der Waals surface area contributed by atoms with Gasteiger partial charge < -0.3 is 9.84 Å². The summed E-state index contributed by atoms with van der Waals surface area (Å²) in [5.41, 5.74) is 2.62. The maximum atomic E-state index is 11.8. The standard InChI is InChI=1S/C12H11IN2O2/c1-7-3-4-9(6-10(7)13)14-12(16)11-5-8(2)15-17-11/h3-6H,1-2H3,(H,14,16). The van der Waals surface area contributed by atoms with Gasteiger partial charge in [-0.15, -0.1) is 0 Å². The molecule has 1 amide bonds. The largest absolute Gasteiger partial charge is 0.351 e. The minimum absolute atomic E-state index is 0.220. The lowest BCUT2D eigenvalue weighted by atomic mass is 10.2. The average Bonchev–Trinajstić information content (AvgIpc) is 2.70. The predicted molar refractivity (Wildman–Crippen MR) is 73.1 cm³/mol. The Labute approximate surface area is 113 Å². The van der Waals surface area contributed by atoms with Crippen LogP contribution in [0.2, 0.25) is 0 Å². The van der Waals surface area contributed by atoms with Crippen LogP contribution >= 0.6 is 22.6 Å². The molecule has 0 spiro atoms. The topological polar surface area (TPSA) is 55.1 Å². The van der Waals surface area contributed by atoms with Gasteiger partial charge in [0.25, 0.3) is 5.91 Å². The highest BCUT2D eigenvalue weighted by molar-refractivity contribution is 14.1. The molecule has 0 bridgehead atoms. The number of hydrogen-bond acceptors (Lipinski definition) is 3. The maximum Gasteiger partial charge on any atom is 0.294 e. The van der Waals surface area contributed by atoms with Crippen molar-refractivity contribution in [3.63, 3.8) is 0 Å². The van der Waals surface area contributed by atoms with Crippen LogP contribution in [0.3, 0.4) is 0 Å². The molecule has 0 aliphatic heterocycles. The number of carbonyl (C=O) groups excluding carboxylic acids is 1. The zero-order chi connectivity index (χ0) is 12.4. The van der Waals surface area contributed by atoms with Gasteiger partial charge in [-0.3, -0.25) is 4.79 Å². The molecule has 17 heavy (non-hydrogen) atoms. The highest BCUT2D eigenvalue weighted by Gasteiger charge is 2.11. The molecular formula is C12H11IN2O2. The first-order valence-corrected chi connectivity index (χ1v) is 6.15. The van der Waals surface area contributed by atoms with E-state index < -0.39 is 0 Å². The van der Waals surface area contributed by atoms with Crippen molar-refractivity contribution in [3.05, 3.63) is 44.9 Å². The molecule has 0 saturated carbocycles. The first kappa shape index (κ1) is 12.1. The van der Waals surface area contributed by atoms with Crippen LogP contribution in [0.4, 0.5) is 5.69 Å². The van der Waals surface area contributed by atoms with Crippen LogP contribution in [0.25, 0.3) is 0 Å². The summed E-state index contributed by atoms with van der Waals surface area (Å²) in [5.74, 6) is -0.0664. The van der Waals surface area contributed by atoms with Gasteiger partial charge in [0.05, 0.1) is 5.69 Å². The number of nitrogens with one attached hydrogen (secondary N) is 1. The van der Waals surface area contributed by atoms with Gasteiger partial charge in [0.15, 0.2) is 0 Å². The van der Waals surface area contributed by atoms with E-state index in [1.807, 2.05) is 25.1 Å². The van der Waals surface area contributed by atoms with E-state index in [-0.39, 0.29) is 11.7 Å². The van der Waals surface area contributed by atoms with Crippen LogP contribution in [0.15, 0.2) is 28.8 Å². The Hall–Kier alpha value is -1.37. The summed E-state index contributed by atoms with van der Waals surface area (Å²) in [5, 5.41) is 6.44. The molecule has 1 N–H and O–H groups in total. The Kier molecular flexibility index (Phi) is 3.46. The molecule has 0 aliphatic rings. The summed E-state index contributed by atoms with van der Waals surface area (Å²) < 4.78 is 5.99. The summed E-state index contributed by atoms with van der Waals surface area (Å²) in [7, 11) is 0. The first-order valence-electron chi connectivity index (χ1n) is 5.07. The van der Waals surface area contributed by atoms with Crippen molar-refractivity contribution in [2.45, 2.75) is 13.8 Å². The number of benzene rings is 1. The summed E-state index contributed by atoms with van der Waals surface area (Å²) >= 11 is 2.23. The molecule has 0 fully saturated rings. The Bertz CT molecular complexity index is 563. The lowest BCUT2D eigenvalue weighted by Gasteiger charge is -2.04. The van der Waals surface area contributed by atoms with E-state index in [2.05, 4.69) is 33.1 Å². The van der Waals surface area contributed by atoms with Gasteiger partial charge in [-0.2, -0.15) is 0 Å². The number of nitrogens with zero attached hydrogens (tertiary/aromatic N) is 1. The number of aromatic nitrogens is 1. The van der Waals surface area contributed by atoms with Gasteiger partial charge in [0.2, 0.25) is 5.76 Å². The van der Waals surface area contributed by atoms with Crippen molar-refractivity contribution in [1.29, 1.82) is 0 Å². The number of anilines is 1. The second-order valence-electron chi connectivity index (χ2n) is 3.75. The summed E-state index contributed by atoms with van der Waals surface area (Å²) in [6.45, 7) is 3.79. The Morgan fingerprint density at radius 3 is 2.71 bits per heavy atom. The van der Waals surface area contributed by atoms with Crippen LogP contribution in [0, 0.1) is 17.4 Å².